The summed E-state index contributed by atoms with van der Waals surface area (Å²) in [5.41, 5.74) is 0.203. The number of hydrogen-bond donors (Lipinski definition) is 1. The summed E-state index contributed by atoms with van der Waals surface area (Å²) in [7, 11) is 0. The summed E-state index contributed by atoms with van der Waals surface area (Å²) in [5, 5.41) is 3.47. The van der Waals surface area contributed by atoms with Crippen molar-refractivity contribution in [3.05, 3.63) is 0 Å². The van der Waals surface area contributed by atoms with E-state index in [2.05, 4.69) is 33.0 Å². The van der Waals surface area contributed by atoms with E-state index in [1.54, 1.807) is 0 Å². The molecule has 0 aromatic carbocycles. The van der Waals surface area contributed by atoms with Gasteiger partial charge in [0.1, 0.15) is 0 Å². The molecule has 2 atom stereocenters. The molecule has 0 amide bonds. The number of rotatable bonds is 6. The van der Waals surface area contributed by atoms with Gasteiger partial charge in [-0.25, -0.2) is 0 Å². The van der Waals surface area contributed by atoms with Gasteiger partial charge in [-0.2, -0.15) is 0 Å². The Morgan fingerprint density at radius 3 is 2.75 bits per heavy atom. The molecule has 1 heterocycles. The summed E-state index contributed by atoms with van der Waals surface area (Å²) in [5.74, 6) is 0. The van der Waals surface area contributed by atoms with Crippen LogP contribution in [0, 0.1) is 0 Å². The lowest BCUT2D eigenvalue weighted by Crippen LogP contribution is -2.37. The topological polar surface area (TPSA) is 30.5 Å². The SMILES string of the molecule is CC(CCNC(C)(C)C)OCC1CCCO1. The van der Waals surface area contributed by atoms with Gasteiger partial charge in [0.25, 0.3) is 0 Å². The lowest BCUT2D eigenvalue weighted by atomic mass is 10.1. The predicted molar refractivity (Wildman–Crippen MR) is 66.8 cm³/mol. The van der Waals surface area contributed by atoms with E-state index in [9.17, 15) is 0 Å². The zero-order chi connectivity index (χ0) is 12.0. The Balaban J connectivity index is 2.00. The molecule has 0 bridgehead atoms. The van der Waals surface area contributed by atoms with Crippen LogP contribution in [0.5, 0.6) is 0 Å². The van der Waals surface area contributed by atoms with Crippen LogP contribution < -0.4 is 5.32 Å². The van der Waals surface area contributed by atoms with Crippen LogP contribution in [0.4, 0.5) is 0 Å². The summed E-state index contributed by atoms with van der Waals surface area (Å²) in [6.45, 7) is 11.4. The van der Waals surface area contributed by atoms with Gasteiger partial charge in [0.15, 0.2) is 0 Å². The van der Waals surface area contributed by atoms with E-state index in [-0.39, 0.29) is 5.54 Å². The molecule has 3 nitrogen and oxygen atoms in total. The molecule has 3 heteroatoms. The van der Waals surface area contributed by atoms with Gasteiger partial charge in [-0.1, -0.05) is 0 Å². The number of ether oxygens (including phenoxy) is 2. The van der Waals surface area contributed by atoms with Gasteiger partial charge < -0.3 is 14.8 Å². The van der Waals surface area contributed by atoms with Crippen LogP contribution in [0.3, 0.4) is 0 Å². The predicted octanol–water partition coefficient (Wildman–Crippen LogP) is 2.35. The zero-order valence-corrected chi connectivity index (χ0v) is 11.2. The Labute approximate surface area is 99.9 Å². The molecule has 0 spiro atoms. The molecule has 1 aliphatic heterocycles. The van der Waals surface area contributed by atoms with Crippen LogP contribution in [0.25, 0.3) is 0 Å². The van der Waals surface area contributed by atoms with E-state index in [1.165, 1.54) is 6.42 Å². The molecule has 0 saturated carbocycles. The van der Waals surface area contributed by atoms with Crippen molar-refractivity contribution in [2.24, 2.45) is 0 Å². The van der Waals surface area contributed by atoms with Crippen molar-refractivity contribution in [1.82, 2.24) is 5.32 Å². The first-order chi connectivity index (χ1) is 7.47. The van der Waals surface area contributed by atoms with E-state index in [4.69, 9.17) is 9.47 Å². The second-order valence-corrected chi connectivity index (χ2v) is 5.74. The third-order valence-electron chi connectivity index (χ3n) is 2.80. The monoisotopic (exact) mass is 229 g/mol. The van der Waals surface area contributed by atoms with Gasteiger partial charge >= 0.3 is 0 Å². The van der Waals surface area contributed by atoms with Gasteiger partial charge in [0.05, 0.1) is 18.8 Å². The highest BCUT2D eigenvalue weighted by Gasteiger charge is 2.17. The molecule has 0 aliphatic carbocycles. The van der Waals surface area contributed by atoms with Gasteiger partial charge in [-0.3, -0.25) is 0 Å². The molecule has 1 rings (SSSR count). The summed E-state index contributed by atoms with van der Waals surface area (Å²) in [4.78, 5) is 0. The van der Waals surface area contributed by atoms with Crippen LogP contribution in [-0.4, -0.2) is 37.5 Å². The maximum Gasteiger partial charge on any atom is 0.0809 e. The largest absolute Gasteiger partial charge is 0.376 e. The van der Waals surface area contributed by atoms with Crippen molar-refractivity contribution in [2.45, 2.75) is 64.7 Å². The highest BCUT2D eigenvalue weighted by atomic mass is 16.5. The molecule has 16 heavy (non-hydrogen) atoms. The molecule has 0 aromatic rings. The maximum absolute atomic E-state index is 5.78. The second-order valence-electron chi connectivity index (χ2n) is 5.74. The average Bonchev–Trinajstić information content (AvgIpc) is 2.65. The molecule has 1 aliphatic rings. The van der Waals surface area contributed by atoms with E-state index in [1.807, 2.05) is 0 Å². The van der Waals surface area contributed by atoms with Crippen molar-refractivity contribution in [2.75, 3.05) is 19.8 Å². The normalized spacial score (nSPS) is 23.6. The molecule has 1 fully saturated rings. The Hall–Kier alpha value is -0.120. The minimum Gasteiger partial charge on any atom is -0.376 e. The first-order valence-corrected chi connectivity index (χ1v) is 6.45. The summed E-state index contributed by atoms with van der Waals surface area (Å²) < 4.78 is 11.3. The molecule has 2 unspecified atom stereocenters. The molecule has 1 N–H and O–H groups in total. The van der Waals surface area contributed by atoms with Gasteiger partial charge in [-0.15, -0.1) is 0 Å². The minimum atomic E-state index is 0.203. The lowest BCUT2D eigenvalue weighted by Gasteiger charge is -2.22. The van der Waals surface area contributed by atoms with E-state index in [0.717, 1.165) is 32.6 Å². The zero-order valence-electron chi connectivity index (χ0n) is 11.2. The fourth-order valence-electron chi connectivity index (χ4n) is 1.78. The van der Waals surface area contributed by atoms with Crippen molar-refractivity contribution in [1.29, 1.82) is 0 Å². The molecular weight excluding hydrogens is 202 g/mol. The fraction of sp³-hybridized carbons (Fsp3) is 1.00. The Morgan fingerprint density at radius 1 is 1.44 bits per heavy atom. The Kier molecular flexibility index (Phi) is 5.73. The molecule has 0 radical (unpaired) electrons. The highest BCUT2D eigenvalue weighted by molar-refractivity contribution is 4.71. The number of hydrogen-bond acceptors (Lipinski definition) is 3. The lowest BCUT2D eigenvalue weighted by molar-refractivity contribution is -0.0165. The summed E-state index contributed by atoms with van der Waals surface area (Å²) in [6, 6.07) is 0. The quantitative estimate of drug-likeness (QED) is 0.758. The highest BCUT2D eigenvalue weighted by Crippen LogP contribution is 2.13. The average molecular weight is 229 g/mol. The van der Waals surface area contributed by atoms with E-state index in [0.29, 0.717) is 12.2 Å². The fourth-order valence-corrected chi connectivity index (χ4v) is 1.78. The minimum absolute atomic E-state index is 0.203. The van der Waals surface area contributed by atoms with Crippen LogP contribution in [-0.2, 0) is 9.47 Å². The first kappa shape index (κ1) is 13.9. The summed E-state index contributed by atoms with van der Waals surface area (Å²) >= 11 is 0. The van der Waals surface area contributed by atoms with Crippen molar-refractivity contribution in [3.8, 4) is 0 Å². The van der Waals surface area contributed by atoms with E-state index < -0.39 is 0 Å². The van der Waals surface area contributed by atoms with Gasteiger partial charge in [-0.05, 0) is 53.5 Å². The Bertz CT molecular complexity index is 183. The van der Waals surface area contributed by atoms with Crippen molar-refractivity contribution >= 4 is 0 Å². The second kappa shape index (κ2) is 6.58. The van der Waals surface area contributed by atoms with Crippen molar-refractivity contribution < 1.29 is 9.47 Å². The molecule has 96 valence electrons. The van der Waals surface area contributed by atoms with Crippen LogP contribution in [0.1, 0.15) is 47.0 Å². The van der Waals surface area contributed by atoms with Gasteiger partial charge in [0, 0.05) is 12.1 Å². The third-order valence-corrected chi connectivity index (χ3v) is 2.80. The molecular formula is C13H27NO2. The molecule has 0 aromatic heterocycles. The van der Waals surface area contributed by atoms with Crippen LogP contribution >= 0.6 is 0 Å². The van der Waals surface area contributed by atoms with Crippen molar-refractivity contribution in [3.63, 3.8) is 0 Å². The molecule has 1 saturated heterocycles. The van der Waals surface area contributed by atoms with Crippen LogP contribution in [0.2, 0.25) is 0 Å². The van der Waals surface area contributed by atoms with Gasteiger partial charge in [0.2, 0.25) is 0 Å². The third kappa shape index (κ3) is 6.46. The summed E-state index contributed by atoms with van der Waals surface area (Å²) in [6.07, 6.45) is 4.07. The van der Waals surface area contributed by atoms with E-state index >= 15 is 0 Å². The number of nitrogens with one attached hydrogen (secondary N) is 1. The maximum atomic E-state index is 5.78. The Morgan fingerprint density at radius 2 is 2.19 bits per heavy atom. The van der Waals surface area contributed by atoms with Crippen LogP contribution in [0.15, 0.2) is 0 Å². The smallest absolute Gasteiger partial charge is 0.0809 e. The first-order valence-electron chi connectivity index (χ1n) is 6.45. The standard InChI is InChI=1S/C13H27NO2/c1-11(7-8-14-13(2,3)4)16-10-12-6-5-9-15-12/h11-12,14H,5-10H2,1-4H3.